The molecule has 1 aromatic heterocycles. The SMILES string of the molecule is O=C(c1ccon1)N1CC2NCCCC21. The van der Waals surface area contributed by atoms with E-state index in [-0.39, 0.29) is 5.91 Å². The summed E-state index contributed by atoms with van der Waals surface area (Å²) in [6.45, 7) is 1.88. The third-order valence-electron chi connectivity index (χ3n) is 3.26. The van der Waals surface area contributed by atoms with Gasteiger partial charge in [-0.3, -0.25) is 4.79 Å². The predicted molar refractivity (Wildman–Crippen MR) is 52.4 cm³/mol. The zero-order chi connectivity index (χ0) is 10.3. The minimum Gasteiger partial charge on any atom is -0.364 e. The summed E-state index contributed by atoms with van der Waals surface area (Å²) < 4.78 is 4.68. The van der Waals surface area contributed by atoms with Crippen molar-refractivity contribution in [2.24, 2.45) is 0 Å². The monoisotopic (exact) mass is 207 g/mol. The molecule has 5 heteroatoms. The molecule has 15 heavy (non-hydrogen) atoms. The number of nitrogens with zero attached hydrogens (tertiary/aromatic N) is 2. The lowest BCUT2D eigenvalue weighted by molar-refractivity contribution is 0.0166. The Morgan fingerprint density at radius 2 is 2.60 bits per heavy atom. The normalized spacial score (nSPS) is 29.5. The van der Waals surface area contributed by atoms with E-state index in [1.165, 1.54) is 6.26 Å². The topological polar surface area (TPSA) is 58.4 Å². The van der Waals surface area contributed by atoms with Crippen LogP contribution in [0.2, 0.25) is 0 Å². The molecule has 0 spiro atoms. The lowest BCUT2D eigenvalue weighted by atomic mass is 9.88. The summed E-state index contributed by atoms with van der Waals surface area (Å²) in [6, 6.07) is 2.48. The molecule has 0 aliphatic carbocycles. The average Bonchev–Trinajstić information content (AvgIpc) is 2.72. The second-order valence-electron chi connectivity index (χ2n) is 4.11. The molecule has 2 atom stereocenters. The highest BCUT2D eigenvalue weighted by Crippen LogP contribution is 2.27. The molecular weight excluding hydrogens is 194 g/mol. The van der Waals surface area contributed by atoms with Crippen LogP contribution in [0.1, 0.15) is 23.3 Å². The number of rotatable bonds is 1. The first-order valence-electron chi connectivity index (χ1n) is 5.31. The zero-order valence-electron chi connectivity index (χ0n) is 8.35. The second kappa shape index (κ2) is 3.34. The molecule has 0 aromatic carbocycles. The molecule has 1 aromatic rings. The standard InChI is InChI=1S/C10H13N3O2/c14-10(7-3-5-15-12-7)13-6-8-9(13)2-1-4-11-8/h3,5,8-9,11H,1-2,4,6H2. The Hall–Kier alpha value is -1.36. The maximum Gasteiger partial charge on any atom is 0.276 e. The third-order valence-corrected chi connectivity index (χ3v) is 3.26. The molecule has 0 radical (unpaired) electrons. The summed E-state index contributed by atoms with van der Waals surface area (Å²) in [7, 11) is 0. The minimum atomic E-state index is -0.00583. The molecule has 2 aliphatic rings. The Kier molecular flexibility index (Phi) is 1.98. The number of amides is 1. The van der Waals surface area contributed by atoms with Crippen LogP contribution < -0.4 is 5.32 Å². The summed E-state index contributed by atoms with van der Waals surface area (Å²) in [4.78, 5) is 13.8. The quantitative estimate of drug-likeness (QED) is 0.717. The molecule has 5 nitrogen and oxygen atoms in total. The molecular formula is C10H13N3O2. The number of hydrogen-bond donors (Lipinski definition) is 1. The first-order chi connectivity index (χ1) is 7.36. The summed E-state index contributed by atoms with van der Waals surface area (Å²) in [6.07, 6.45) is 3.68. The van der Waals surface area contributed by atoms with Crippen LogP contribution in [-0.2, 0) is 0 Å². The van der Waals surface area contributed by atoms with Crippen LogP contribution in [0.4, 0.5) is 0 Å². The van der Waals surface area contributed by atoms with Crippen LogP contribution in [0.15, 0.2) is 16.9 Å². The van der Waals surface area contributed by atoms with Gasteiger partial charge in [-0.15, -0.1) is 0 Å². The van der Waals surface area contributed by atoms with E-state index in [9.17, 15) is 4.79 Å². The van der Waals surface area contributed by atoms with Crippen LogP contribution in [0.3, 0.4) is 0 Å². The molecule has 80 valence electrons. The fourth-order valence-electron chi connectivity index (χ4n) is 2.41. The van der Waals surface area contributed by atoms with Crippen molar-refractivity contribution in [2.75, 3.05) is 13.1 Å². The molecule has 2 aliphatic heterocycles. The largest absolute Gasteiger partial charge is 0.364 e. The van der Waals surface area contributed by atoms with Crippen LogP contribution in [0.25, 0.3) is 0 Å². The number of nitrogens with one attached hydrogen (secondary N) is 1. The molecule has 1 amide bonds. The predicted octanol–water partition coefficient (Wildman–Crippen LogP) is 0.251. The van der Waals surface area contributed by atoms with Crippen LogP contribution >= 0.6 is 0 Å². The molecule has 3 heterocycles. The van der Waals surface area contributed by atoms with Gasteiger partial charge in [-0.05, 0) is 19.4 Å². The molecule has 0 bridgehead atoms. The van der Waals surface area contributed by atoms with Crippen molar-refractivity contribution in [3.05, 3.63) is 18.0 Å². The number of carbonyl (C=O) groups excluding carboxylic acids is 1. The van der Waals surface area contributed by atoms with Crippen molar-refractivity contribution >= 4 is 5.91 Å². The first-order valence-corrected chi connectivity index (χ1v) is 5.31. The van der Waals surface area contributed by atoms with E-state index in [1.54, 1.807) is 6.07 Å². The van der Waals surface area contributed by atoms with Crippen molar-refractivity contribution in [1.82, 2.24) is 15.4 Å². The van der Waals surface area contributed by atoms with Gasteiger partial charge < -0.3 is 14.7 Å². The second-order valence-corrected chi connectivity index (χ2v) is 4.11. The number of carbonyl (C=O) groups is 1. The van der Waals surface area contributed by atoms with Gasteiger partial charge in [0.05, 0.1) is 0 Å². The number of hydrogen-bond acceptors (Lipinski definition) is 4. The van der Waals surface area contributed by atoms with Crippen LogP contribution in [-0.4, -0.2) is 41.1 Å². The minimum absolute atomic E-state index is 0.00583. The summed E-state index contributed by atoms with van der Waals surface area (Å²) in [5.41, 5.74) is 0.416. The molecule has 0 saturated carbocycles. The third kappa shape index (κ3) is 1.34. The maximum absolute atomic E-state index is 11.9. The zero-order valence-corrected chi connectivity index (χ0v) is 8.35. The highest BCUT2D eigenvalue weighted by molar-refractivity contribution is 5.93. The smallest absolute Gasteiger partial charge is 0.276 e. The Bertz CT molecular complexity index is 363. The summed E-state index contributed by atoms with van der Waals surface area (Å²) >= 11 is 0. The highest BCUT2D eigenvalue weighted by Gasteiger charge is 2.43. The lowest BCUT2D eigenvalue weighted by Crippen LogP contribution is -2.69. The van der Waals surface area contributed by atoms with E-state index in [4.69, 9.17) is 0 Å². The number of piperidine rings is 1. The molecule has 2 unspecified atom stereocenters. The number of aromatic nitrogens is 1. The fraction of sp³-hybridized carbons (Fsp3) is 0.600. The van der Waals surface area contributed by atoms with Gasteiger partial charge >= 0.3 is 0 Å². The van der Waals surface area contributed by atoms with Gasteiger partial charge in [0, 0.05) is 24.7 Å². The fourth-order valence-corrected chi connectivity index (χ4v) is 2.41. The van der Waals surface area contributed by atoms with Crippen molar-refractivity contribution in [2.45, 2.75) is 24.9 Å². The van der Waals surface area contributed by atoms with Gasteiger partial charge in [0.2, 0.25) is 0 Å². The van der Waals surface area contributed by atoms with Gasteiger partial charge in [-0.25, -0.2) is 0 Å². The van der Waals surface area contributed by atoms with Gasteiger partial charge in [0.25, 0.3) is 5.91 Å². The van der Waals surface area contributed by atoms with Gasteiger partial charge in [0.15, 0.2) is 5.69 Å². The van der Waals surface area contributed by atoms with Gasteiger partial charge in [-0.1, -0.05) is 5.16 Å². The van der Waals surface area contributed by atoms with Crippen molar-refractivity contribution in [3.8, 4) is 0 Å². The molecule has 1 N–H and O–H groups in total. The van der Waals surface area contributed by atoms with Crippen LogP contribution in [0.5, 0.6) is 0 Å². The Morgan fingerprint density at radius 3 is 3.33 bits per heavy atom. The van der Waals surface area contributed by atoms with Crippen molar-refractivity contribution in [3.63, 3.8) is 0 Å². The van der Waals surface area contributed by atoms with Crippen molar-refractivity contribution in [1.29, 1.82) is 0 Å². The highest BCUT2D eigenvalue weighted by atomic mass is 16.5. The molecule has 3 rings (SSSR count). The van der Waals surface area contributed by atoms with E-state index in [0.29, 0.717) is 17.8 Å². The van der Waals surface area contributed by atoms with E-state index >= 15 is 0 Å². The number of likely N-dealkylation sites (tertiary alicyclic amines) is 1. The van der Waals surface area contributed by atoms with Crippen molar-refractivity contribution < 1.29 is 9.32 Å². The molecule has 2 fully saturated rings. The van der Waals surface area contributed by atoms with Gasteiger partial charge in [0.1, 0.15) is 6.26 Å². The summed E-state index contributed by atoms with van der Waals surface area (Å²) in [5, 5.41) is 7.08. The van der Waals surface area contributed by atoms with E-state index < -0.39 is 0 Å². The maximum atomic E-state index is 11.9. The average molecular weight is 207 g/mol. The van der Waals surface area contributed by atoms with E-state index in [0.717, 1.165) is 25.9 Å². The summed E-state index contributed by atoms with van der Waals surface area (Å²) in [5.74, 6) is -0.00583. The van der Waals surface area contributed by atoms with E-state index in [1.807, 2.05) is 4.90 Å². The number of fused-ring (bicyclic) bond motifs is 1. The molecule has 2 saturated heterocycles. The lowest BCUT2D eigenvalue weighted by Gasteiger charge is -2.50. The van der Waals surface area contributed by atoms with Gasteiger partial charge in [-0.2, -0.15) is 0 Å². The first kappa shape index (κ1) is 8.91. The Morgan fingerprint density at radius 1 is 1.67 bits per heavy atom. The van der Waals surface area contributed by atoms with E-state index in [2.05, 4.69) is 15.0 Å². The Balaban J connectivity index is 1.72. The van der Waals surface area contributed by atoms with Crippen LogP contribution in [0, 0.1) is 0 Å². The Labute approximate surface area is 87.4 Å².